The molecule has 1 aliphatic heterocycles. The summed E-state index contributed by atoms with van der Waals surface area (Å²) in [5, 5.41) is 16.1. The molecule has 0 saturated carbocycles. The van der Waals surface area contributed by atoms with E-state index in [0.717, 1.165) is 37.5 Å². The SMILES string of the molecule is CN=C(NCC1CCCO1)NCC(CO)c1ccccc1.I. The maximum Gasteiger partial charge on any atom is 0.191 e. The summed E-state index contributed by atoms with van der Waals surface area (Å²) in [6.45, 7) is 2.39. The van der Waals surface area contributed by atoms with Crippen molar-refractivity contribution >= 4 is 29.9 Å². The van der Waals surface area contributed by atoms with Crippen LogP contribution in [0.1, 0.15) is 24.3 Å². The van der Waals surface area contributed by atoms with Crippen LogP contribution >= 0.6 is 24.0 Å². The van der Waals surface area contributed by atoms with Crippen molar-refractivity contribution in [3.05, 3.63) is 35.9 Å². The van der Waals surface area contributed by atoms with Gasteiger partial charge in [0.25, 0.3) is 0 Å². The van der Waals surface area contributed by atoms with Gasteiger partial charge in [0, 0.05) is 32.7 Å². The third kappa shape index (κ3) is 6.10. The van der Waals surface area contributed by atoms with Crippen molar-refractivity contribution in [2.75, 3.05) is 33.4 Å². The van der Waals surface area contributed by atoms with Gasteiger partial charge in [0.15, 0.2) is 5.96 Å². The first-order valence-corrected chi connectivity index (χ1v) is 7.55. The lowest BCUT2D eigenvalue weighted by molar-refractivity contribution is 0.113. The van der Waals surface area contributed by atoms with Crippen LogP contribution in [0.2, 0.25) is 0 Å². The molecular formula is C16H26IN3O2. The first-order chi connectivity index (χ1) is 10.3. The van der Waals surface area contributed by atoms with Gasteiger partial charge in [-0.25, -0.2) is 0 Å². The van der Waals surface area contributed by atoms with E-state index in [1.165, 1.54) is 0 Å². The Labute approximate surface area is 149 Å². The van der Waals surface area contributed by atoms with Gasteiger partial charge in [0.05, 0.1) is 12.7 Å². The molecule has 1 aromatic rings. The monoisotopic (exact) mass is 419 g/mol. The van der Waals surface area contributed by atoms with Crippen molar-refractivity contribution in [1.29, 1.82) is 0 Å². The van der Waals surface area contributed by atoms with Crippen LogP contribution in [-0.4, -0.2) is 50.5 Å². The third-order valence-electron chi connectivity index (χ3n) is 3.75. The molecule has 6 heteroatoms. The van der Waals surface area contributed by atoms with Gasteiger partial charge in [-0.05, 0) is 18.4 Å². The summed E-state index contributed by atoms with van der Waals surface area (Å²) in [7, 11) is 1.75. The second kappa shape index (κ2) is 10.8. The van der Waals surface area contributed by atoms with E-state index in [0.29, 0.717) is 6.54 Å². The molecule has 2 atom stereocenters. The predicted octanol–water partition coefficient (Wildman–Crippen LogP) is 1.72. The van der Waals surface area contributed by atoms with Crippen LogP contribution in [0, 0.1) is 0 Å². The number of nitrogens with zero attached hydrogens (tertiary/aromatic N) is 1. The lowest BCUT2D eigenvalue weighted by Crippen LogP contribution is -2.42. The summed E-state index contributed by atoms with van der Waals surface area (Å²) < 4.78 is 5.58. The molecular weight excluding hydrogens is 393 g/mol. The Morgan fingerprint density at radius 3 is 2.73 bits per heavy atom. The smallest absolute Gasteiger partial charge is 0.191 e. The summed E-state index contributed by atoms with van der Waals surface area (Å²) in [6.07, 6.45) is 2.53. The third-order valence-corrected chi connectivity index (χ3v) is 3.75. The molecule has 3 N–H and O–H groups in total. The Balaban J connectivity index is 0.00000242. The van der Waals surface area contributed by atoms with Gasteiger partial charge in [-0.2, -0.15) is 0 Å². The van der Waals surface area contributed by atoms with E-state index in [9.17, 15) is 5.11 Å². The Hall–Kier alpha value is -0.860. The van der Waals surface area contributed by atoms with Gasteiger partial charge in [0.2, 0.25) is 0 Å². The second-order valence-corrected chi connectivity index (χ2v) is 5.26. The lowest BCUT2D eigenvalue weighted by atomic mass is 10.0. The molecule has 1 fully saturated rings. The standard InChI is InChI=1S/C16H25N3O2.HI/c1-17-16(19-11-15-8-5-9-21-15)18-10-14(12-20)13-6-3-2-4-7-13;/h2-4,6-7,14-15,20H,5,8-12H2,1H3,(H2,17,18,19);1H. The fourth-order valence-electron chi connectivity index (χ4n) is 2.47. The quantitative estimate of drug-likeness (QED) is 0.373. The van der Waals surface area contributed by atoms with Crippen molar-refractivity contribution in [2.24, 2.45) is 4.99 Å². The maximum atomic E-state index is 9.55. The number of aliphatic hydroxyl groups is 1. The molecule has 0 amide bonds. The van der Waals surface area contributed by atoms with Crippen molar-refractivity contribution in [3.63, 3.8) is 0 Å². The van der Waals surface area contributed by atoms with Gasteiger partial charge in [-0.15, -0.1) is 24.0 Å². The average molecular weight is 419 g/mol. The molecule has 2 unspecified atom stereocenters. The highest BCUT2D eigenvalue weighted by atomic mass is 127. The maximum absolute atomic E-state index is 9.55. The topological polar surface area (TPSA) is 65.9 Å². The fraction of sp³-hybridized carbons (Fsp3) is 0.562. The lowest BCUT2D eigenvalue weighted by Gasteiger charge is -2.19. The number of aliphatic hydroxyl groups excluding tert-OH is 1. The number of ether oxygens (including phenoxy) is 1. The Morgan fingerprint density at radius 2 is 2.14 bits per heavy atom. The highest BCUT2D eigenvalue weighted by Gasteiger charge is 2.16. The first kappa shape index (κ1) is 19.2. The van der Waals surface area contributed by atoms with Gasteiger partial charge in [-0.1, -0.05) is 30.3 Å². The number of aliphatic imine (C=N–C) groups is 1. The van der Waals surface area contributed by atoms with E-state index in [2.05, 4.69) is 15.6 Å². The van der Waals surface area contributed by atoms with Gasteiger partial charge in [-0.3, -0.25) is 4.99 Å². The van der Waals surface area contributed by atoms with Crippen LogP contribution in [0.4, 0.5) is 0 Å². The molecule has 1 saturated heterocycles. The molecule has 5 nitrogen and oxygen atoms in total. The number of hydrogen-bond donors (Lipinski definition) is 3. The Bertz CT molecular complexity index is 436. The van der Waals surface area contributed by atoms with E-state index in [4.69, 9.17) is 4.74 Å². The molecule has 1 aliphatic rings. The number of guanidine groups is 1. The largest absolute Gasteiger partial charge is 0.396 e. The van der Waals surface area contributed by atoms with E-state index >= 15 is 0 Å². The number of halogens is 1. The number of nitrogens with one attached hydrogen (secondary N) is 2. The number of hydrogen-bond acceptors (Lipinski definition) is 3. The molecule has 2 rings (SSSR count). The van der Waals surface area contributed by atoms with Gasteiger partial charge in [0.1, 0.15) is 0 Å². The highest BCUT2D eigenvalue weighted by molar-refractivity contribution is 14.0. The van der Waals surface area contributed by atoms with Gasteiger partial charge < -0.3 is 20.5 Å². The minimum absolute atomic E-state index is 0. The molecule has 0 bridgehead atoms. The van der Waals surface area contributed by atoms with Crippen LogP contribution in [0.25, 0.3) is 0 Å². The van der Waals surface area contributed by atoms with E-state index in [1.807, 2.05) is 30.3 Å². The molecule has 0 radical (unpaired) electrons. The summed E-state index contributed by atoms with van der Waals surface area (Å²) in [6, 6.07) is 10.0. The summed E-state index contributed by atoms with van der Waals surface area (Å²) in [5.74, 6) is 0.812. The molecule has 0 spiro atoms. The first-order valence-electron chi connectivity index (χ1n) is 7.55. The normalized spacial score (nSPS) is 19.4. The van der Waals surface area contributed by atoms with Crippen LogP contribution in [0.15, 0.2) is 35.3 Å². The fourth-order valence-corrected chi connectivity index (χ4v) is 2.47. The molecule has 1 aromatic carbocycles. The zero-order chi connectivity index (χ0) is 14.9. The highest BCUT2D eigenvalue weighted by Crippen LogP contribution is 2.13. The van der Waals surface area contributed by atoms with Crippen molar-refractivity contribution in [3.8, 4) is 0 Å². The van der Waals surface area contributed by atoms with Crippen LogP contribution in [-0.2, 0) is 4.74 Å². The minimum atomic E-state index is 0. The van der Waals surface area contributed by atoms with Crippen molar-refractivity contribution in [1.82, 2.24) is 10.6 Å². The zero-order valence-electron chi connectivity index (χ0n) is 13.0. The Kier molecular flexibility index (Phi) is 9.42. The molecule has 22 heavy (non-hydrogen) atoms. The van der Waals surface area contributed by atoms with Crippen LogP contribution in [0.5, 0.6) is 0 Å². The number of benzene rings is 1. The van der Waals surface area contributed by atoms with E-state index < -0.39 is 0 Å². The average Bonchev–Trinajstić information content (AvgIpc) is 3.05. The summed E-state index contributed by atoms with van der Waals surface area (Å²) >= 11 is 0. The minimum Gasteiger partial charge on any atom is -0.396 e. The predicted molar refractivity (Wildman–Crippen MR) is 100 cm³/mol. The van der Waals surface area contributed by atoms with Crippen molar-refractivity contribution in [2.45, 2.75) is 24.9 Å². The van der Waals surface area contributed by atoms with Crippen molar-refractivity contribution < 1.29 is 9.84 Å². The Morgan fingerprint density at radius 1 is 1.36 bits per heavy atom. The van der Waals surface area contributed by atoms with Gasteiger partial charge >= 0.3 is 0 Å². The second-order valence-electron chi connectivity index (χ2n) is 5.26. The molecule has 124 valence electrons. The summed E-state index contributed by atoms with van der Waals surface area (Å²) in [4.78, 5) is 4.21. The molecule has 0 aromatic heterocycles. The van der Waals surface area contributed by atoms with E-state index in [-0.39, 0.29) is 42.6 Å². The summed E-state index contributed by atoms with van der Waals surface area (Å²) in [5.41, 5.74) is 1.13. The van der Waals surface area contributed by atoms with Crippen LogP contribution in [0.3, 0.4) is 0 Å². The molecule has 0 aliphatic carbocycles. The number of rotatable bonds is 6. The zero-order valence-corrected chi connectivity index (χ0v) is 15.3. The van der Waals surface area contributed by atoms with Crippen LogP contribution < -0.4 is 10.6 Å². The molecule has 1 heterocycles. The van der Waals surface area contributed by atoms with E-state index in [1.54, 1.807) is 7.05 Å².